The first-order valence-electron chi connectivity index (χ1n) is 4.13. The summed E-state index contributed by atoms with van der Waals surface area (Å²) in [5.41, 5.74) is 1.23. The van der Waals surface area contributed by atoms with Crippen LogP contribution in [-0.4, -0.2) is 5.11 Å². The molecule has 1 heterocycles. The van der Waals surface area contributed by atoms with Crippen molar-refractivity contribution in [1.82, 2.24) is 0 Å². The van der Waals surface area contributed by atoms with E-state index in [0.717, 1.165) is 27.0 Å². The molecule has 74 valence electrons. The van der Waals surface area contributed by atoms with E-state index in [2.05, 4.69) is 0 Å². The van der Waals surface area contributed by atoms with Gasteiger partial charge in [0.05, 0.1) is 12.5 Å². The first kappa shape index (κ1) is 9.90. The highest BCUT2D eigenvalue weighted by molar-refractivity contribution is 7.17. The van der Waals surface area contributed by atoms with Crippen LogP contribution in [-0.2, 0) is 12.5 Å². The molecule has 0 bridgehead atoms. The van der Waals surface area contributed by atoms with Crippen molar-refractivity contribution in [2.45, 2.75) is 12.5 Å². The van der Waals surface area contributed by atoms with Crippen LogP contribution in [0.1, 0.15) is 11.1 Å². The molecule has 14 heavy (non-hydrogen) atoms. The van der Waals surface area contributed by atoms with E-state index in [1.165, 1.54) is 0 Å². The minimum Gasteiger partial charge on any atom is -0.392 e. The number of hydrogen-bond donors (Lipinski definition) is 1. The summed E-state index contributed by atoms with van der Waals surface area (Å²) in [6.07, 6.45) is 0. The molecule has 0 aliphatic heterocycles. The second-order valence-electron chi connectivity index (χ2n) is 2.94. The molecule has 0 saturated heterocycles. The van der Waals surface area contributed by atoms with Crippen molar-refractivity contribution >= 4 is 33.0 Å². The zero-order valence-electron chi connectivity index (χ0n) is 7.26. The summed E-state index contributed by atoms with van der Waals surface area (Å²) < 4.78 is 14.2. The monoisotopic (exact) mass is 230 g/mol. The number of benzene rings is 1. The highest BCUT2D eigenvalue weighted by Gasteiger charge is 2.13. The van der Waals surface area contributed by atoms with Gasteiger partial charge in [0, 0.05) is 15.6 Å². The van der Waals surface area contributed by atoms with Gasteiger partial charge < -0.3 is 5.11 Å². The molecular weight excluding hydrogens is 223 g/mol. The third kappa shape index (κ3) is 1.41. The highest BCUT2D eigenvalue weighted by atomic mass is 35.5. The standard InChI is InChI=1S/C10H8ClFOS/c11-4-7-9-6(5-13)2-1-3-8(9)14-10(7)12/h1-3,13H,4-5H2. The molecule has 0 aliphatic carbocycles. The Hall–Kier alpha value is -0.640. The maximum atomic E-state index is 13.4. The lowest BCUT2D eigenvalue weighted by atomic mass is 10.1. The summed E-state index contributed by atoms with van der Waals surface area (Å²) in [5.74, 6) is 0.142. The first-order chi connectivity index (χ1) is 6.77. The lowest BCUT2D eigenvalue weighted by Crippen LogP contribution is -1.87. The van der Waals surface area contributed by atoms with Crippen molar-refractivity contribution < 1.29 is 9.50 Å². The van der Waals surface area contributed by atoms with Crippen molar-refractivity contribution in [3.05, 3.63) is 34.5 Å². The Kier molecular flexibility index (Phi) is 2.72. The average Bonchev–Trinajstić information content (AvgIpc) is 2.52. The number of halogens is 2. The molecule has 0 spiro atoms. The Labute approximate surface area is 89.7 Å². The number of alkyl halides is 1. The van der Waals surface area contributed by atoms with Gasteiger partial charge in [-0.05, 0) is 11.6 Å². The average molecular weight is 231 g/mol. The first-order valence-corrected chi connectivity index (χ1v) is 5.48. The molecule has 0 amide bonds. The topological polar surface area (TPSA) is 20.2 Å². The van der Waals surface area contributed by atoms with Crippen LogP contribution in [0.25, 0.3) is 10.1 Å². The van der Waals surface area contributed by atoms with E-state index >= 15 is 0 Å². The van der Waals surface area contributed by atoms with Gasteiger partial charge in [0.2, 0.25) is 0 Å². The lowest BCUT2D eigenvalue weighted by molar-refractivity contribution is 0.283. The number of hydrogen-bond acceptors (Lipinski definition) is 2. The van der Waals surface area contributed by atoms with Crippen LogP contribution in [0.15, 0.2) is 18.2 Å². The highest BCUT2D eigenvalue weighted by Crippen LogP contribution is 2.33. The summed E-state index contributed by atoms with van der Waals surface area (Å²) in [7, 11) is 0. The molecule has 0 fully saturated rings. The van der Waals surface area contributed by atoms with Gasteiger partial charge in [0.15, 0.2) is 5.13 Å². The van der Waals surface area contributed by atoms with E-state index in [9.17, 15) is 4.39 Å². The molecule has 4 heteroatoms. The number of rotatable bonds is 2. The van der Waals surface area contributed by atoms with E-state index in [4.69, 9.17) is 16.7 Å². The van der Waals surface area contributed by atoms with E-state index in [-0.39, 0.29) is 17.6 Å². The molecule has 2 rings (SSSR count). The summed E-state index contributed by atoms with van der Waals surface area (Å²) in [6.45, 7) is -0.0859. The summed E-state index contributed by atoms with van der Waals surface area (Å²) in [4.78, 5) is 0. The minimum atomic E-state index is -0.254. The summed E-state index contributed by atoms with van der Waals surface area (Å²) in [6, 6.07) is 5.42. The lowest BCUT2D eigenvalue weighted by Gasteiger charge is -2.00. The predicted molar refractivity (Wildman–Crippen MR) is 57.3 cm³/mol. The zero-order chi connectivity index (χ0) is 10.1. The molecule has 0 unspecified atom stereocenters. The third-order valence-electron chi connectivity index (χ3n) is 2.16. The van der Waals surface area contributed by atoms with Crippen molar-refractivity contribution in [2.24, 2.45) is 0 Å². The molecule has 0 atom stereocenters. The molecule has 0 saturated carbocycles. The van der Waals surface area contributed by atoms with Gasteiger partial charge in [-0.1, -0.05) is 12.1 Å². The summed E-state index contributed by atoms with van der Waals surface area (Å²) >= 11 is 6.74. The van der Waals surface area contributed by atoms with Crippen LogP contribution < -0.4 is 0 Å². The zero-order valence-corrected chi connectivity index (χ0v) is 8.83. The van der Waals surface area contributed by atoms with E-state index in [1.807, 2.05) is 12.1 Å². The maximum Gasteiger partial charge on any atom is 0.182 e. The molecular formula is C10H8ClFOS. The van der Waals surface area contributed by atoms with Crippen LogP contribution in [0, 0.1) is 5.13 Å². The summed E-state index contributed by atoms with van der Waals surface area (Å²) in [5, 5.41) is 9.62. The predicted octanol–water partition coefficient (Wildman–Crippen LogP) is 3.27. The Balaban J connectivity index is 2.82. The molecule has 0 radical (unpaired) electrons. The van der Waals surface area contributed by atoms with E-state index in [1.54, 1.807) is 6.07 Å². The van der Waals surface area contributed by atoms with E-state index in [0.29, 0.717) is 5.56 Å². The normalized spacial score (nSPS) is 11.1. The van der Waals surface area contributed by atoms with Gasteiger partial charge in [-0.3, -0.25) is 0 Å². The fourth-order valence-electron chi connectivity index (χ4n) is 1.51. The van der Waals surface area contributed by atoms with Crippen LogP contribution in [0.4, 0.5) is 4.39 Å². The van der Waals surface area contributed by atoms with Crippen LogP contribution >= 0.6 is 22.9 Å². The van der Waals surface area contributed by atoms with Crippen LogP contribution in [0.5, 0.6) is 0 Å². The van der Waals surface area contributed by atoms with Crippen molar-refractivity contribution in [3.8, 4) is 0 Å². The Morgan fingerprint density at radius 2 is 2.21 bits per heavy atom. The van der Waals surface area contributed by atoms with Crippen molar-refractivity contribution in [1.29, 1.82) is 0 Å². The Bertz CT molecular complexity index is 466. The fraction of sp³-hybridized carbons (Fsp3) is 0.200. The van der Waals surface area contributed by atoms with Gasteiger partial charge in [0.1, 0.15) is 0 Å². The Morgan fingerprint density at radius 3 is 2.86 bits per heavy atom. The molecule has 1 aromatic heterocycles. The quantitative estimate of drug-likeness (QED) is 0.786. The smallest absolute Gasteiger partial charge is 0.182 e. The van der Waals surface area contributed by atoms with Crippen LogP contribution in [0.2, 0.25) is 0 Å². The second-order valence-corrected chi connectivity index (χ2v) is 4.21. The van der Waals surface area contributed by atoms with E-state index < -0.39 is 0 Å². The molecule has 1 N–H and O–H groups in total. The SMILES string of the molecule is OCc1cccc2sc(F)c(CCl)c12. The number of thiophene rings is 1. The van der Waals surface area contributed by atoms with Gasteiger partial charge in [-0.25, -0.2) is 0 Å². The number of aliphatic hydroxyl groups excluding tert-OH is 1. The van der Waals surface area contributed by atoms with Gasteiger partial charge in [-0.15, -0.1) is 22.9 Å². The van der Waals surface area contributed by atoms with Crippen molar-refractivity contribution in [2.75, 3.05) is 0 Å². The molecule has 0 aliphatic rings. The van der Waals surface area contributed by atoms with Crippen molar-refractivity contribution in [3.63, 3.8) is 0 Å². The second kappa shape index (κ2) is 3.85. The van der Waals surface area contributed by atoms with Gasteiger partial charge in [0.25, 0.3) is 0 Å². The number of aliphatic hydroxyl groups is 1. The Morgan fingerprint density at radius 1 is 1.43 bits per heavy atom. The fourth-order valence-corrected chi connectivity index (χ4v) is 2.84. The van der Waals surface area contributed by atoms with Gasteiger partial charge in [-0.2, -0.15) is 4.39 Å². The molecule has 1 nitrogen and oxygen atoms in total. The van der Waals surface area contributed by atoms with Gasteiger partial charge >= 0.3 is 0 Å². The number of fused-ring (bicyclic) bond motifs is 1. The largest absolute Gasteiger partial charge is 0.392 e. The molecule has 2 aromatic rings. The minimum absolute atomic E-state index is 0.0859. The molecule has 1 aromatic carbocycles. The van der Waals surface area contributed by atoms with Crippen LogP contribution in [0.3, 0.4) is 0 Å². The third-order valence-corrected chi connectivity index (χ3v) is 3.41. The maximum absolute atomic E-state index is 13.4.